The molecule has 122 valence electrons. The molecule has 0 saturated carbocycles. The molecule has 0 radical (unpaired) electrons. The van der Waals surface area contributed by atoms with Gasteiger partial charge in [0.15, 0.2) is 0 Å². The molecular formula is C18H23N3O2. The monoisotopic (exact) mass is 313 g/mol. The lowest BCUT2D eigenvalue weighted by atomic mass is 10.1. The second-order valence-electron chi connectivity index (χ2n) is 5.74. The second kappa shape index (κ2) is 7.22. The maximum atomic E-state index is 11.4. The van der Waals surface area contributed by atoms with Crippen LogP contribution >= 0.6 is 0 Å². The molecule has 1 heterocycles. The van der Waals surface area contributed by atoms with E-state index in [1.54, 1.807) is 6.92 Å². The van der Waals surface area contributed by atoms with E-state index < -0.39 is 0 Å². The molecule has 0 spiro atoms. The Bertz CT molecular complexity index is 732. The first-order valence-electron chi connectivity index (χ1n) is 7.83. The van der Waals surface area contributed by atoms with Crippen LogP contribution in [0.15, 0.2) is 24.3 Å². The molecule has 1 amide bonds. The lowest BCUT2D eigenvalue weighted by Crippen LogP contribution is -2.21. The van der Waals surface area contributed by atoms with Crippen LogP contribution in [-0.2, 0) is 22.6 Å². The molecule has 0 saturated heterocycles. The highest BCUT2D eigenvalue weighted by Gasteiger charge is 2.14. The predicted molar refractivity (Wildman–Crippen MR) is 89.6 cm³/mol. The van der Waals surface area contributed by atoms with Gasteiger partial charge < -0.3 is 5.32 Å². The predicted octanol–water partition coefficient (Wildman–Crippen LogP) is 2.65. The number of carbonyl (C=O) groups excluding carboxylic acids is 2. The number of amides is 1. The number of rotatable bonds is 6. The third-order valence-electron chi connectivity index (χ3n) is 3.83. The topological polar surface area (TPSA) is 64.0 Å². The number of aryl methyl sites for hydroxylation is 1. The number of hydrogen-bond acceptors (Lipinski definition) is 3. The largest absolute Gasteiger partial charge is 0.352 e. The average molecular weight is 313 g/mol. The summed E-state index contributed by atoms with van der Waals surface area (Å²) < 4.78 is 1.86. The van der Waals surface area contributed by atoms with Gasteiger partial charge in [-0.3, -0.25) is 9.59 Å². The minimum atomic E-state index is 0.0326. The molecule has 1 aromatic heterocycles. The summed E-state index contributed by atoms with van der Waals surface area (Å²) in [4.78, 5) is 22.8. The van der Waals surface area contributed by atoms with Crippen molar-refractivity contribution in [3.05, 3.63) is 46.8 Å². The lowest BCUT2D eigenvalue weighted by molar-refractivity contribution is -0.121. The SMILES string of the molecule is CCC(=O)NCc1cccc(-n2nc(C)c(CC(C)=O)c2C)c1. The molecule has 23 heavy (non-hydrogen) atoms. The van der Waals surface area contributed by atoms with Gasteiger partial charge in [-0.15, -0.1) is 0 Å². The first-order chi connectivity index (χ1) is 10.9. The second-order valence-corrected chi connectivity index (χ2v) is 5.74. The molecule has 0 aliphatic heterocycles. The first-order valence-corrected chi connectivity index (χ1v) is 7.83. The van der Waals surface area contributed by atoms with Crippen LogP contribution in [0.1, 0.15) is 42.8 Å². The Hall–Kier alpha value is -2.43. The van der Waals surface area contributed by atoms with Crippen molar-refractivity contribution in [2.45, 2.75) is 47.1 Å². The summed E-state index contributed by atoms with van der Waals surface area (Å²) >= 11 is 0. The Morgan fingerprint density at radius 1 is 1.26 bits per heavy atom. The van der Waals surface area contributed by atoms with Gasteiger partial charge in [-0.05, 0) is 38.5 Å². The van der Waals surface area contributed by atoms with E-state index in [1.807, 2.05) is 49.7 Å². The van der Waals surface area contributed by atoms with Crippen molar-refractivity contribution in [2.24, 2.45) is 0 Å². The van der Waals surface area contributed by atoms with Gasteiger partial charge in [0.1, 0.15) is 5.78 Å². The quantitative estimate of drug-likeness (QED) is 0.891. The molecule has 0 atom stereocenters. The number of nitrogens with zero attached hydrogens (tertiary/aromatic N) is 2. The van der Waals surface area contributed by atoms with E-state index in [0.717, 1.165) is 28.2 Å². The van der Waals surface area contributed by atoms with Crippen molar-refractivity contribution in [2.75, 3.05) is 0 Å². The van der Waals surface area contributed by atoms with Crippen molar-refractivity contribution >= 4 is 11.7 Å². The van der Waals surface area contributed by atoms with E-state index in [1.165, 1.54) is 0 Å². The Balaban J connectivity index is 2.28. The van der Waals surface area contributed by atoms with Gasteiger partial charge in [0, 0.05) is 30.6 Å². The van der Waals surface area contributed by atoms with Crippen molar-refractivity contribution in [3.8, 4) is 5.69 Å². The Morgan fingerprint density at radius 2 is 2.00 bits per heavy atom. The zero-order chi connectivity index (χ0) is 17.0. The minimum absolute atomic E-state index is 0.0326. The zero-order valence-corrected chi connectivity index (χ0v) is 14.1. The summed E-state index contributed by atoms with van der Waals surface area (Å²) in [6.45, 7) is 7.82. The fourth-order valence-corrected chi connectivity index (χ4v) is 2.55. The van der Waals surface area contributed by atoms with E-state index in [-0.39, 0.29) is 11.7 Å². The third kappa shape index (κ3) is 4.06. The number of carbonyl (C=O) groups is 2. The van der Waals surface area contributed by atoms with Crippen LogP contribution in [-0.4, -0.2) is 21.5 Å². The highest BCUT2D eigenvalue weighted by molar-refractivity contribution is 5.78. The van der Waals surface area contributed by atoms with Crippen LogP contribution in [0.2, 0.25) is 0 Å². The fourth-order valence-electron chi connectivity index (χ4n) is 2.55. The molecule has 0 fully saturated rings. The highest BCUT2D eigenvalue weighted by atomic mass is 16.1. The number of ketones is 1. The van der Waals surface area contributed by atoms with Gasteiger partial charge in [-0.2, -0.15) is 5.10 Å². The molecule has 2 rings (SSSR count). The van der Waals surface area contributed by atoms with Crippen molar-refractivity contribution in [1.82, 2.24) is 15.1 Å². The summed E-state index contributed by atoms with van der Waals surface area (Å²) in [6, 6.07) is 7.90. The molecular weight excluding hydrogens is 290 g/mol. The normalized spacial score (nSPS) is 10.6. The van der Waals surface area contributed by atoms with Gasteiger partial charge in [0.05, 0.1) is 11.4 Å². The van der Waals surface area contributed by atoms with Crippen molar-refractivity contribution < 1.29 is 9.59 Å². The zero-order valence-electron chi connectivity index (χ0n) is 14.1. The minimum Gasteiger partial charge on any atom is -0.352 e. The smallest absolute Gasteiger partial charge is 0.219 e. The number of benzene rings is 1. The summed E-state index contributed by atoms with van der Waals surface area (Å²) in [5.74, 6) is 0.164. The van der Waals surface area contributed by atoms with E-state index in [2.05, 4.69) is 10.4 Å². The van der Waals surface area contributed by atoms with Gasteiger partial charge in [-0.25, -0.2) is 4.68 Å². The molecule has 0 unspecified atom stereocenters. The summed E-state index contributed by atoms with van der Waals surface area (Å²) in [6.07, 6.45) is 0.884. The molecule has 0 aliphatic carbocycles. The first kappa shape index (κ1) is 16.9. The molecule has 1 aromatic carbocycles. The van der Waals surface area contributed by atoms with Gasteiger partial charge in [0.25, 0.3) is 0 Å². The Labute approximate surface area is 136 Å². The molecule has 0 bridgehead atoms. The lowest BCUT2D eigenvalue weighted by Gasteiger charge is -2.09. The van der Waals surface area contributed by atoms with Crippen molar-refractivity contribution in [3.63, 3.8) is 0 Å². The molecule has 5 heteroatoms. The summed E-state index contributed by atoms with van der Waals surface area (Å²) in [5.41, 5.74) is 4.80. The van der Waals surface area contributed by atoms with Gasteiger partial charge in [-0.1, -0.05) is 19.1 Å². The van der Waals surface area contributed by atoms with Crippen LogP contribution in [0.25, 0.3) is 5.69 Å². The molecule has 2 aromatic rings. The molecule has 1 N–H and O–H groups in total. The average Bonchev–Trinajstić information content (AvgIpc) is 2.80. The van der Waals surface area contributed by atoms with E-state index in [9.17, 15) is 9.59 Å². The molecule has 5 nitrogen and oxygen atoms in total. The standard InChI is InChI=1S/C18H23N3O2/c1-5-18(23)19-11-15-7-6-8-16(10-15)21-14(4)17(9-12(2)22)13(3)20-21/h6-8,10H,5,9,11H2,1-4H3,(H,19,23). The van der Waals surface area contributed by atoms with E-state index in [4.69, 9.17) is 0 Å². The van der Waals surface area contributed by atoms with Gasteiger partial charge >= 0.3 is 0 Å². The number of Topliss-reactive ketones (excluding diaryl/α,β-unsaturated/α-hetero) is 1. The van der Waals surface area contributed by atoms with E-state index >= 15 is 0 Å². The van der Waals surface area contributed by atoms with Crippen LogP contribution in [0, 0.1) is 13.8 Å². The van der Waals surface area contributed by atoms with Crippen LogP contribution in [0.3, 0.4) is 0 Å². The maximum Gasteiger partial charge on any atom is 0.219 e. The summed E-state index contributed by atoms with van der Waals surface area (Å²) in [7, 11) is 0. The summed E-state index contributed by atoms with van der Waals surface area (Å²) in [5, 5.41) is 7.43. The van der Waals surface area contributed by atoms with Crippen molar-refractivity contribution in [1.29, 1.82) is 0 Å². The van der Waals surface area contributed by atoms with E-state index in [0.29, 0.717) is 19.4 Å². The number of hydrogen-bond donors (Lipinski definition) is 1. The van der Waals surface area contributed by atoms with Crippen LogP contribution < -0.4 is 5.32 Å². The van der Waals surface area contributed by atoms with Crippen LogP contribution in [0.4, 0.5) is 0 Å². The fraction of sp³-hybridized carbons (Fsp3) is 0.389. The number of aromatic nitrogens is 2. The Kier molecular flexibility index (Phi) is 5.32. The maximum absolute atomic E-state index is 11.4. The van der Waals surface area contributed by atoms with Gasteiger partial charge in [0.2, 0.25) is 5.91 Å². The molecule has 0 aliphatic rings. The Morgan fingerprint density at radius 3 is 2.65 bits per heavy atom. The van der Waals surface area contributed by atoms with Crippen LogP contribution in [0.5, 0.6) is 0 Å². The third-order valence-corrected chi connectivity index (χ3v) is 3.83. The highest BCUT2D eigenvalue weighted by Crippen LogP contribution is 2.19. The number of nitrogens with one attached hydrogen (secondary N) is 1.